The normalized spacial score (nSPS) is 25.7. The Bertz CT molecular complexity index is 729. The van der Waals surface area contributed by atoms with Crippen molar-refractivity contribution in [1.29, 1.82) is 0 Å². The minimum Gasteiger partial charge on any atom is -0.386 e. The topological polar surface area (TPSA) is 56.8 Å². The van der Waals surface area contributed by atoms with Crippen LogP contribution in [0.3, 0.4) is 0 Å². The third kappa shape index (κ3) is 3.30. The van der Waals surface area contributed by atoms with Crippen LogP contribution in [-0.2, 0) is 9.47 Å². The first-order valence-electron chi connectivity index (χ1n) is 8.13. The van der Waals surface area contributed by atoms with Gasteiger partial charge in [-0.15, -0.1) is 0 Å². The van der Waals surface area contributed by atoms with E-state index in [1.807, 2.05) is 6.08 Å². The molecule has 2 heterocycles. The monoisotopic (exact) mass is 354 g/mol. The molecule has 0 spiro atoms. The van der Waals surface area contributed by atoms with Gasteiger partial charge in [0, 0.05) is 5.56 Å². The van der Waals surface area contributed by atoms with Gasteiger partial charge >= 0.3 is 5.92 Å². The average molecular weight is 354 g/mol. The predicted molar refractivity (Wildman–Crippen MR) is 89.2 cm³/mol. The van der Waals surface area contributed by atoms with Crippen LogP contribution in [0.4, 0.5) is 13.2 Å². The van der Waals surface area contributed by atoms with Gasteiger partial charge in [0.25, 0.3) is 0 Å². The van der Waals surface area contributed by atoms with E-state index in [-0.39, 0.29) is 18.0 Å². The molecule has 1 unspecified atom stereocenters. The van der Waals surface area contributed by atoms with Crippen molar-refractivity contribution in [2.45, 2.75) is 37.8 Å². The maximum Gasteiger partial charge on any atom is 0.301 e. The summed E-state index contributed by atoms with van der Waals surface area (Å²) in [5.74, 6) is -4.25. The van der Waals surface area contributed by atoms with E-state index in [4.69, 9.17) is 15.2 Å². The molecule has 0 aromatic heterocycles. The molecule has 0 amide bonds. The second kappa shape index (κ2) is 6.46. The standard InChI is InChI=1S/C18H21F3N2O2/c1-17(2)18(20,21)16(23-15(22)10-25-17)13-9-12(3-4-14(13)19)11-5-7-24-8-6-11/h3-5,9,16H,6-8,10H2,1-2H3,(H2,22,23). The van der Waals surface area contributed by atoms with Gasteiger partial charge < -0.3 is 15.2 Å². The number of nitrogens with two attached hydrogens (primary N) is 1. The van der Waals surface area contributed by atoms with E-state index in [2.05, 4.69) is 4.99 Å². The maximum atomic E-state index is 15.0. The van der Waals surface area contributed by atoms with E-state index in [9.17, 15) is 4.39 Å². The van der Waals surface area contributed by atoms with Crippen molar-refractivity contribution in [3.63, 3.8) is 0 Å². The van der Waals surface area contributed by atoms with Gasteiger partial charge in [-0.25, -0.2) is 13.2 Å². The highest BCUT2D eigenvalue weighted by Crippen LogP contribution is 2.46. The summed E-state index contributed by atoms with van der Waals surface area (Å²) in [6.45, 7) is 3.30. The lowest BCUT2D eigenvalue weighted by atomic mass is 9.87. The zero-order valence-corrected chi connectivity index (χ0v) is 14.2. The fourth-order valence-corrected chi connectivity index (χ4v) is 2.97. The summed E-state index contributed by atoms with van der Waals surface area (Å²) in [5.41, 5.74) is 5.29. The molecule has 7 heteroatoms. The van der Waals surface area contributed by atoms with Crippen molar-refractivity contribution in [3.05, 3.63) is 41.2 Å². The van der Waals surface area contributed by atoms with Gasteiger partial charge in [-0.05, 0) is 43.5 Å². The molecule has 2 aliphatic rings. The third-order valence-electron chi connectivity index (χ3n) is 4.65. The van der Waals surface area contributed by atoms with Gasteiger partial charge in [0.15, 0.2) is 0 Å². The number of amidine groups is 1. The van der Waals surface area contributed by atoms with Gasteiger partial charge in [-0.1, -0.05) is 12.1 Å². The molecule has 25 heavy (non-hydrogen) atoms. The Hall–Kier alpha value is -1.86. The van der Waals surface area contributed by atoms with Gasteiger partial charge in [0.05, 0.1) is 13.2 Å². The van der Waals surface area contributed by atoms with Gasteiger partial charge in [0.2, 0.25) is 0 Å². The van der Waals surface area contributed by atoms with Crippen molar-refractivity contribution in [2.24, 2.45) is 10.7 Å². The Kier molecular flexibility index (Phi) is 4.64. The van der Waals surface area contributed by atoms with Crippen molar-refractivity contribution in [2.75, 3.05) is 19.8 Å². The quantitative estimate of drug-likeness (QED) is 0.885. The van der Waals surface area contributed by atoms with Crippen molar-refractivity contribution >= 4 is 11.4 Å². The van der Waals surface area contributed by atoms with Gasteiger partial charge in [0.1, 0.15) is 29.9 Å². The predicted octanol–water partition coefficient (Wildman–Crippen LogP) is 3.47. The second-order valence-electron chi connectivity index (χ2n) is 6.74. The van der Waals surface area contributed by atoms with Crippen LogP contribution in [0, 0.1) is 5.82 Å². The molecule has 1 atom stereocenters. The maximum absolute atomic E-state index is 15.0. The van der Waals surface area contributed by atoms with E-state index in [0.717, 1.165) is 5.57 Å². The molecule has 0 fully saturated rings. The summed E-state index contributed by atoms with van der Waals surface area (Å²) in [6.07, 6.45) is 2.52. The van der Waals surface area contributed by atoms with Crippen LogP contribution in [0.25, 0.3) is 5.57 Å². The number of benzene rings is 1. The Labute approximate surface area is 144 Å². The number of ether oxygens (including phenoxy) is 2. The van der Waals surface area contributed by atoms with Crippen molar-refractivity contribution < 1.29 is 22.6 Å². The largest absolute Gasteiger partial charge is 0.386 e. The Balaban J connectivity index is 2.09. The lowest BCUT2D eigenvalue weighted by Gasteiger charge is -2.35. The summed E-state index contributed by atoms with van der Waals surface area (Å²) in [4.78, 5) is 3.88. The summed E-state index contributed by atoms with van der Waals surface area (Å²) in [7, 11) is 0. The smallest absolute Gasteiger partial charge is 0.301 e. The molecule has 0 aliphatic carbocycles. The van der Waals surface area contributed by atoms with Crippen LogP contribution in [0.2, 0.25) is 0 Å². The van der Waals surface area contributed by atoms with Gasteiger partial charge in [-0.3, -0.25) is 4.99 Å². The zero-order chi connectivity index (χ0) is 18.2. The van der Waals surface area contributed by atoms with Crippen LogP contribution < -0.4 is 5.73 Å². The number of hydrogen-bond donors (Lipinski definition) is 1. The second-order valence-corrected chi connectivity index (χ2v) is 6.74. The van der Waals surface area contributed by atoms with E-state index in [0.29, 0.717) is 25.2 Å². The van der Waals surface area contributed by atoms with Crippen molar-refractivity contribution in [3.8, 4) is 0 Å². The fraction of sp³-hybridized carbons (Fsp3) is 0.500. The first-order chi connectivity index (χ1) is 11.7. The summed E-state index contributed by atoms with van der Waals surface area (Å²) in [6, 6.07) is 2.47. The molecule has 136 valence electrons. The molecular weight excluding hydrogens is 333 g/mol. The molecule has 3 rings (SSSR count). The zero-order valence-electron chi connectivity index (χ0n) is 14.2. The van der Waals surface area contributed by atoms with Gasteiger partial charge in [-0.2, -0.15) is 0 Å². The van der Waals surface area contributed by atoms with E-state index < -0.39 is 23.4 Å². The molecule has 0 radical (unpaired) electrons. The lowest BCUT2D eigenvalue weighted by molar-refractivity contribution is -0.191. The van der Waals surface area contributed by atoms with Crippen LogP contribution >= 0.6 is 0 Å². The highest BCUT2D eigenvalue weighted by atomic mass is 19.3. The van der Waals surface area contributed by atoms with Crippen LogP contribution in [0.1, 0.15) is 37.4 Å². The molecule has 1 aromatic carbocycles. The number of nitrogens with zero attached hydrogens (tertiary/aromatic N) is 1. The molecule has 2 aliphatic heterocycles. The Morgan fingerprint density at radius 1 is 1.28 bits per heavy atom. The summed E-state index contributed by atoms with van der Waals surface area (Å²) >= 11 is 0. The minimum atomic E-state index is -3.43. The van der Waals surface area contributed by atoms with E-state index >= 15 is 8.78 Å². The van der Waals surface area contributed by atoms with Crippen LogP contribution in [0.5, 0.6) is 0 Å². The minimum absolute atomic E-state index is 0.0784. The molecule has 0 bridgehead atoms. The molecule has 2 N–H and O–H groups in total. The Morgan fingerprint density at radius 2 is 2.04 bits per heavy atom. The highest BCUT2D eigenvalue weighted by Gasteiger charge is 2.56. The molecule has 4 nitrogen and oxygen atoms in total. The summed E-state index contributed by atoms with van der Waals surface area (Å²) in [5, 5.41) is 0. The van der Waals surface area contributed by atoms with E-state index in [1.165, 1.54) is 26.0 Å². The molecule has 0 saturated heterocycles. The van der Waals surface area contributed by atoms with Crippen LogP contribution in [-0.4, -0.2) is 37.2 Å². The number of alkyl halides is 2. The highest BCUT2D eigenvalue weighted by molar-refractivity contribution is 5.82. The fourth-order valence-electron chi connectivity index (χ4n) is 2.97. The lowest BCUT2D eigenvalue weighted by Crippen LogP contribution is -2.48. The molecule has 1 aromatic rings. The molecule has 0 saturated carbocycles. The SMILES string of the molecule is CC1(C)OCC(N)=NC(c2cc(C3=CCOCC3)ccc2F)C1(F)F. The van der Waals surface area contributed by atoms with Crippen LogP contribution in [0.15, 0.2) is 29.3 Å². The average Bonchev–Trinajstić information content (AvgIpc) is 2.66. The number of halogens is 3. The van der Waals surface area contributed by atoms with E-state index in [1.54, 1.807) is 6.07 Å². The first-order valence-corrected chi connectivity index (χ1v) is 8.13. The number of rotatable bonds is 2. The number of hydrogen-bond acceptors (Lipinski definition) is 4. The Morgan fingerprint density at radius 3 is 2.72 bits per heavy atom. The first kappa shape index (κ1) is 17.9. The summed E-state index contributed by atoms with van der Waals surface area (Å²) < 4.78 is 55.0. The number of aliphatic imine (C=N–C) groups is 1. The van der Waals surface area contributed by atoms with Crippen molar-refractivity contribution in [1.82, 2.24) is 0 Å². The molecular formula is C18H21F3N2O2. The third-order valence-corrected chi connectivity index (χ3v) is 4.65.